The smallest absolute Gasteiger partial charge is 0.129 e. The predicted molar refractivity (Wildman–Crippen MR) is 65.5 cm³/mol. The largest absolute Gasteiger partial charge is 0.369 e. The molecule has 2 rings (SSSR count). The van der Waals surface area contributed by atoms with Gasteiger partial charge >= 0.3 is 0 Å². The van der Waals surface area contributed by atoms with Crippen molar-refractivity contribution in [2.45, 2.75) is 32.7 Å². The molecule has 0 aromatic carbocycles. The topological polar surface area (TPSA) is 41.0 Å². The molecule has 1 fully saturated rings. The van der Waals surface area contributed by atoms with Crippen LogP contribution in [0.25, 0.3) is 0 Å². The van der Waals surface area contributed by atoms with Gasteiger partial charge in [-0.2, -0.15) is 0 Å². The van der Waals surface area contributed by atoms with Gasteiger partial charge in [-0.25, -0.2) is 9.97 Å². The van der Waals surface area contributed by atoms with Crippen LogP contribution in [0.4, 0.5) is 5.82 Å². The molecule has 0 aliphatic heterocycles. The first-order valence-electron chi connectivity index (χ1n) is 6.07. The molecule has 0 atom stereocenters. The van der Waals surface area contributed by atoms with Crippen molar-refractivity contribution in [3.05, 3.63) is 18.1 Å². The number of aryl methyl sites for hydroxylation is 1. The van der Waals surface area contributed by atoms with E-state index in [-0.39, 0.29) is 0 Å². The minimum atomic E-state index is 0.819. The van der Waals surface area contributed by atoms with Gasteiger partial charge in [-0.3, -0.25) is 4.90 Å². The summed E-state index contributed by atoms with van der Waals surface area (Å²) in [7, 11) is 0. The third-order valence-electron chi connectivity index (χ3n) is 2.95. The van der Waals surface area contributed by atoms with Crippen molar-refractivity contribution in [2.24, 2.45) is 0 Å². The lowest BCUT2D eigenvalue weighted by Gasteiger charge is -2.19. The van der Waals surface area contributed by atoms with Crippen LogP contribution < -0.4 is 5.32 Å². The van der Waals surface area contributed by atoms with Crippen LogP contribution in [0.1, 0.15) is 25.6 Å². The Morgan fingerprint density at radius 2 is 2.31 bits per heavy atom. The molecular formula is C12H20N4. The maximum Gasteiger partial charge on any atom is 0.129 e. The molecule has 1 aliphatic rings. The fourth-order valence-corrected chi connectivity index (χ4v) is 1.92. The van der Waals surface area contributed by atoms with Gasteiger partial charge in [0.2, 0.25) is 0 Å². The molecule has 88 valence electrons. The molecule has 0 spiro atoms. The Morgan fingerprint density at radius 1 is 1.50 bits per heavy atom. The average molecular weight is 220 g/mol. The number of nitrogens with zero attached hydrogens (tertiary/aromatic N) is 3. The highest BCUT2D eigenvalue weighted by atomic mass is 15.2. The van der Waals surface area contributed by atoms with Gasteiger partial charge in [-0.05, 0) is 32.4 Å². The quantitative estimate of drug-likeness (QED) is 0.792. The molecule has 16 heavy (non-hydrogen) atoms. The van der Waals surface area contributed by atoms with E-state index in [4.69, 9.17) is 0 Å². The van der Waals surface area contributed by atoms with Crippen LogP contribution in [0.2, 0.25) is 0 Å². The Balaban J connectivity index is 1.74. The maximum atomic E-state index is 4.32. The van der Waals surface area contributed by atoms with Gasteiger partial charge < -0.3 is 5.32 Å². The van der Waals surface area contributed by atoms with E-state index in [2.05, 4.69) is 27.1 Å². The summed E-state index contributed by atoms with van der Waals surface area (Å²) in [6.07, 6.45) is 4.55. The Kier molecular flexibility index (Phi) is 3.72. The van der Waals surface area contributed by atoms with Crippen molar-refractivity contribution in [3.8, 4) is 0 Å². The van der Waals surface area contributed by atoms with Gasteiger partial charge in [0.15, 0.2) is 0 Å². The van der Waals surface area contributed by atoms with Crippen LogP contribution in [0.5, 0.6) is 0 Å². The summed E-state index contributed by atoms with van der Waals surface area (Å²) in [5.74, 6) is 1.75. The number of likely N-dealkylation sites (N-methyl/N-ethyl adjacent to an activating group) is 1. The molecule has 1 N–H and O–H groups in total. The van der Waals surface area contributed by atoms with E-state index in [1.54, 1.807) is 6.20 Å². The van der Waals surface area contributed by atoms with Gasteiger partial charge in [-0.1, -0.05) is 6.92 Å². The van der Waals surface area contributed by atoms with E-state index >= 15 is 0 Å². The summed E-state index contributed by atoms with van der Waals surface area (Å²) in [5, 5.41) is 3.34. The van der Waals surface area contributed by atoms with E-state index in [0.29, 0.717) is 0 Å². The fraction of sp³-hybridized carbons (Fsp3) is 0.667. The van der Waals surface area contributed by atoms with Crippen LogP contribution >= 0.6 is 0 Å². The Hall–Kier alpha value is -1.16. The molecule has 0 radical (unpaired) electrons. The lowest BCUT2D eigenvalue weighted by molar-refractivity contribution is 0.289. The molecule has 1 aromatic rings. The number of anilines is 1. The van der Waals surface area contributed by atoms with E-state index < -0.39 is 0 Å². The zero-order valence-corrected chi connectivity index (χ0v) is 10.1. The number of hydrogen-bond acceptors (Lipinski definition) is 4. The molecule has 1 aliphatic carbocycles. The van der Waals surface area contributed by atoms with Crippen molar-refractivity contribution in [3.63, 3.8) is 0 Å². The van der Waals surface area contributed by atoms with Crippen molar-refractivity contribution in [1.82, 2.24) is 14.9 Å². The van der Waals surface area contributed by atoms with Crippen LogP contribution in [0, 0.1) is 6.92 Å². The van der Waals surface area contributed by atoms with Gasteiger partial charge in [0.05, 0.1) is 0 Å². The molecule has 0 amide bonds. The highest BCUT2D eigenvalue weighted by Gasteiger charge is 2.26. The molecule has 1 aromatic heterocycles. The molecule has 0 saturated heterocycles. The van der Waals surface area contributed by atoms with Crippen molar-refractivity contribution in [2.75, 3.05) is 25.0 Å². The number of rotatable bonds is 6. The van der Waals surface area contributed by atoms with E-state index in [1.165, 1.54) is 12.8 Å². The maximum absolute atomic E-state index is 4.32. The zero-order chi connectivity index (χ0) is 11.4. The van der Waals surface area contributed by atoms with Gasteiger partial charge in [0.1, 0.15) is 11.6 Å². The zero-order valence-electron chi connectivity index (χ0n) is 10.1. The minimum absolute atomic E-state index is 0.819. The molecule has 1 saturated carbocycles. The van der Waals surface area contributed by atoms with E-state index in [9.17, 15) is 0 Å². The predicted octanol–water partition coefficient (Wildman–Crippen LogP) is 1.68. The van der Waals surface area contributed by atoms with Crippen molar-refractivity contribution < 1.29 is 0 Å². The van der Waals surface area contributed by atoms with Gasteiger partial charge in [0, 0.05) is 25.3 Å². The molecular weight excluding hydrogens is 200 g/mol. The molecule has 4 heteroatoms. The summed E-state index contributed by atoms with van der Waals surface area (Å²) < 4.78 is 0. The Morgan fingerprint density at radius 3 is 2.94 bits per heavy atom. The second-order valence-corrected chi connectivity index (χ2v) is 4.28. The van der Waals surface area contributed by atoms with Crippen molar-refractivity contribution >= 4 is 5.82 Å². The summed E-state index contributed by atoms with van der Waals surface area (Å²) in [5.41, 5.74) is 0. The SMILES string of the molecule is CCN(CCNc1ccnc(C)n1)C1CC1. The second-order valence-electron chi connectivity index (χ2n) is 4.28. The van der Waals surface area contributed by atoms with Crippen LogP contribution in [0.15, 0.2) is 12.3 Å². The van der Waals surface area contributed by atoms with Gasteiger partial charge in [0.25, 0.3) is 0 Å². The van der Waals surface area contributed by atoms with Crippen LogP contribution in [0.3, 0.4) is 0 Å². The summed E-state index contributed by atoms with van der Waals surface area (Å²) in [6, 6.07) is 2.76. The Labute approximate surface area is 97.1 Å². The first-order chi connectivity index (χ1) is 7.79. The van der Waals surface area contributed by atoms with E-state index in [1.807, 2.05) is 13.0 Å². The third-order valence-corrected chi connectivity index (χ3v) is 2.95. The summed E-state index contributed by atoms with van der Waals surface area (Å²) >= 11 is 0. The standard InChI is InChI=1S/C12H20N4/c1-3-16(11-4-5-11)9-8-14-12-6-7-13-10(2)15-12/h6-7,11H,3-5,8-9H2,1-2H3,(H,13,14,15). The fourth-order valence-electron chi connectivity index (χ4n) is 1.92. The number of nitrogens with one attached hydrogen (secondary N) is 1. The summed E-state index contributed by atoms with van der Waals surface area (Å²) in [6.45, 7) is 7.35. The average Bonchev–Trinajstić information content (AvgIpc) is 3.08. The Bertz CT molecular complexity index is 336. The molecule has 0 unspecified atom stereocenters. The lowest BCUT2D eigenvalue weighted by atomic mass is 10.4. The van der Waals surface area contributed by atoms with Gasteiger partial charge in [-0.15, -0.1) is 0 Å². The summed E-state index contributed by atoms with van der Waals surface area (Å²) in [4.78, 5) is 10.9. The molecule has 1 heterocycles. The molecule has 4 nitrogen and oxygen atoms in total. The lowest BCUT2D eigenvalue weighted by Crippen LogP contribution is -2.31. The highest BCUT2D eigenvalue weighted by Crippen LogP contribution is 2.25. The van der Waals surface area contributed by atoms with Crippen molar-refractivity contribution in [1.29, 1.82) is 0 Å². The third kappa shape index (κ3) is 3.17. The highest BCUT2D eigenvalue weighted by molar-refractivity contribution is 5.32. The molecule has 0 bridgehead atoms. The monoisotopic (exact) mass is 220 g/mol. The normalized spacial score (nSPS) is 15.4. The van der Waals surface area contributed by atoms with E-state index in [0.717, 1.165) is 37.3 Å². The van der Waals surface area contributed by atoms with Crippen LogP contribution in [-0.2, 0) is 0 Å². The first kappa shape index (κ1) is 11.3. The number of aromatic nitrogens is 2. The van der Waals surface area contributed by atoms with Crippen LogP contribution in [-0.4, -0.2) is 40.5 Å². The first-order valence-corrected chi connectivity index (χ1v) is 6.07. The number of hydrogen-bond donors (Lipinski definition) is 1. The second kappa shape index (κ2) is 5.25. The minimum Gasteiger partial charge on any atom is -0.369 e.